The molecule has 1 heterocycles. The van der Waals surface area contributed by atoms with Crippen molar-refractivity contribution in [2.24, 2.45) is 0 Å². The lowest BCUT2D eigenvalue weighted by Gasteiger charge is -2.31. The van der Waals surface area contributed by atoms with Crippen LogP contribution >= 0.6 is 0 Å². The molecule has 1 N–H and O–H groups in total. The number of hydrogen-bond donors (Lipinski definition) is 1. The Morgan fingerprint density at radius 2 is 2.12 bits per heavy atom. The van der Waals surface area contributed by atoms with Crippen molar-refractivity contribution in [3.8, 4) is 0 Å². The van der Waals surface area contributed by atoms with Crippen molar-refractivity contribution in [1.29, 1.82) is 0 Å². The first-order valence-corrected chi connectivity index (χ1v) is 6.13. The van der Waals surface area contributed by atoms with Crippen LogP contribution < -0.4 is 5.32 Å². The van der Waals surface area contributed by atoms with Gasteiger partial charge in [0.05, 0.1) is 0 Å². The van der Waals surface area contributed by atoms with E-state index in [1.165, 1.54) is 23.2 Å². The van der Waals surface area contributed by atoms with Gasteiger partial charge in [0.2, 0.25) is 0 Å². The van der Waals surface area contributed by atoms with Gasteiger partial charge in [-0.1, -0.05) is 18.2 Å². The van der Waals surface area contributed by atoms with Crippen LogP contribution in [-0.4, -0.2) is 37.6 Å². The van der Waals surface area contributed by atoms with Crippen LogP contribution in [0, 0.1) is 13.8 Å². The fraction of sp³-hybridized carbons (Fsp3) is 0.571. The highest BCUT2D eigenvalue weighted by Gasteiger charge is 2.16. The zero-order valence-corrected chi connectivity index (χ0v) is 10.6. The van der Waals surface area contributed by atoms with E-state index in [1.54, 1.807) is 0 Å². The van der Waals surface area contributed by atoms with Crippen LogP contribution in [0.5, 0.6) is 0 Å². The highest BCUT2D eigenvalue weighted by Crippen LogP contribution is 2.12. The molecule has 0 radical (unpaired) electrons. The quantitative estimate of drug-likeness (QED) is 0.813. The Morgan fingerprint density at radius 1 is 1.31 bits per heavy atom. The van der Waals surface area contributed by atoms with Gasteiger partial charge in [0.1, 0.15) is 0 Å². The average Bonchev–Trinajstić information content (AvgIpc) is 2.24. The second-order valence-corrected chi connectivity index (χ2v) is 5.04. The van der Waals surface area contributed by atoms with E-state index < -0.39 is 0 Å². The summed E-state index contributed by atoms with van der Waals surface area (Å²) in [6, 6.07) is 7.43. The molecular formula is C14H22N2. The van der Waals surface area contributed by atoms with Crippen LogP contribution in [0.15, 0.2) is 18.2 Å². The largest absolute Gasteiger partial charge is 0.311 e. The topological polar surface area (TPSA) is 15.3 Å². The van der Waals surface area contributed by atoms with E-state index in [-0.39, 0.29) is 0 Å². The maximum atomic E-state index is 3.59. The summed E-state index contributed by atoms with van der Waals surface area (Å²) in [6.45, 7) is 7.81. The van der Waals surface area contributed by atoms with E-state index in [0.29, 0.717) is 6.04 Å². The van der Waals surface area contributed by atoms with E-state index in [2.05, 4.69) is 49.3 Å². The third-order valence-electron chi connectivity index (χ3n) is 3.51. The van der Waals surface area contributed by atoms with Crippen molar-refractivity contribution in [3.63, 3.8) is 0 Å². The fourth-order valence-corrected chi connectivity index (χ4v) is 2.34. The second-order valence-electron chi connectivity index (χ2n) is 5.04. The Labute approximate surface area is 98.7 Å². The smallest absolute Gasteiger partial charge is 0.0235 e. The summed E-state index contributed by atoms with van der Waals surface area (Å²) in [7, 11) is 2.20. The van der Waals surface area contributed by atoms with Gasteiger partial charge >= 0.3 is 0 Å². The second kappa shape index (κ2) is 4.98. The van der Waals surface area contributed by atoms with E-state index in [4.69, 9.17) is 0 Å². The fourth-order valence-electron chi connectivity index (χ4n) is 2.34. The lowest BCUT2D eigenvalue weighted by atomic mass is 10.00. The minimum Gasteiger partial charge on any atom is -0.311 e. The zero-order valence-electron chi connectivity index (χ0n) is 10.6. The number of nitrogens with one attached hydrogen (secondary N) is 1. The first-order valence-electron chi connectivity index (χ1n) is 6.13. The van der Waals surface area contributed by atoms with Gasteiger partial charge in [-0.05, 0) is 44.0 Å². The van der Waals surface area contributed by atoms with E-state index in [0.717, 1.165) is 19.5 Å². The Balaban J connectivity index is 2.00. The normalized spacial score (nSPS) is 22.3. The molecule has 0 bridgehead atoms. The van der Waals surface area contributed by atoms with Crippen LogP contribution in [0.2, 0.25) is 0 Å². The molecule has 0 spiro atoms. The molecule has 2 heteroatoms. The predicted molar refractivity (Wildman–Crippen MR) is 68.9 cm³/mol. The van der Waals surface area contributed by atoms with Crippen LogP contribution in [0.1, 0.15) is 16.7 Å². The van der Waals surface area contributed by atoms with E-state index in [9.17, 15) is 0 Å². The molecular weight excluding hydrogens is 196 g/mol. The number of nitrogens with zero attached hydrogens (tertiary/aromatic N) is 1. The number of hydrogen-bond acceptors (Lipinski definition) is 2. The molecule has 88 valence electrons. The SMILES string of the molecule is Cc1ccc(CC2CN(C)CCN2)cc1C. The minimum atomic E-state index is 0.612. The monoisotopic (exact) mass is 218 g/mol. The molecule has 0 aromatic heterocycles. The van der Waals surface area contributed by atoms with Crippen LogP contribution in [-0.2, 0) is 6.42 Å². The molecule has 2 nitrogen and oxygen atoms in total. The number of piperazine rings is 1. The maximum absolute atomic E-state index is 3.59. The highest BCUT2D eigenvalue weighted by molar-refractivity contribution is 5.30. The van der Waals surface area contributed by atoms with Gasteiger partial charge in [-0.15, -0.1) is 0 Å². The molecule has 1 aliphatic rings. The van der Waals surface area contributed by atoms with Crippen molar-refractivity contribution in [2.75, 3.05) is 26.7 Å². The van der Waals surface area contributed by atoms with Crippen molar-refractivity contribution < 1.29 is 0 Å². The molecule has 1 aliphatic heterocycles. The van der Waals surface area contributed by atoms with E-state index >= 15 is 0 Å². The molecule has 0 aliphatic carbocycles. The van der Waals surface area contributed by atoms with Crippen molar-refractivity contribution in [2.45, 2.75) is 26.3 Å². The highest BCUT2D eigenvalue weighted by atomic mass is 15.2. The minimum absolute atomic E-state index is 0.612. The molecule has 1 atom stereocenters. The first kappa shape index (κ1) is 11.6. The molecule has 16 heavy (non-hydrogen) atoms. The van der Waals surface area contributed by atoms with Crippen LogP contribution in [0.4, 0.5) is 0 Å². The zero-order chi connectivity index (χ0) is 11.5. The van der Waals surface area contributed by atoms with Gasteiger partial charge in [-0.3, -0.25) is 0 Å². The molecule has 0 amide bonds. The maximum Gasteiger partial charge on any atom is 0.0235 e. The van der Waals surface area contributed by atoms with Crippen molar-refractivity contribution in [3.05, 3.63) is 34.9 Å². The van der Waals surface area contributed by atoms with E-state index in [1.807, 2.05) is 0 Å². The summed E-state index contributed by atoms with van der Waals surface area (Å²) < 4.78 is 0. The first-order chi connectivity index (χ1) is 7.65. The summed E-state index contributed by atoms with van der Waals surface area (Å²) in [6.07, 6.45) is 1.14. The summed E-state index contributed by atoms with van der Waals surface area (Å²) in [5.41, 5.74) is 4.25. The number of likely N-dealkylation sites (N-methyl/N-ethyl adjacent to an activating group) is 1. The average molecular weight is 218 g/mol. The van der Waals surface area contributed by atoms with Gasteiger partial charge in [0.15, 0.2) is 0 Å². The molecule has 0 saturated carbocycles. The Bertz CT molecular complexity index is 360. The summed E-state index contributed by atoms with van der Waals surface area (Å²) in [5, 5.41) is 3.59. The Hall–Kier alpha value is -0.860. The third-order valence-corrected chi connectivity index (χ3v) is 3.51. The molecule has 1 unspecified atom stereocenters. The number of aryl methyl sites for hydroxylation is 2. The summed E-state index contributed by atoms with van der Waals surface area (Å²) in [4.78, 5) is 2.40. The van der Waals surface area contributed by atoms with Crippen molar-refractivity contribution in [1.82, 2.24) is 10.2 Å². The number of benzene rings is 1. The Morgan fingerprint density at radius 3 is 2.81 bits per heavy atom. The van der Waals surface area contributed by atoms with Gasteiger partial charge in [0, 0.05) is 25.7 Å². The predicted octanol–water partition coefficient (Wildman–Crippen LogP) is 1.75. The number of rotatable bonds is 2. The molecule has 2 rings (SSSR count). The molecule has 1 saturated heterocycles. The van der Waals surface area contributed by atoms with Crippen molar-refractivity contribution >= 4 is 0 Å². The van der Waals surface area contributed by atoms with Gasteiger partial charge in [0.25, 0.3) is 0 Å². The standard InChI is InChI=1S/C14H22N2/c1-11-4-5-13(8-12(11)2)9-14-10-16(3)7-6-15-14/h4-5,8,14-15H,6-7,9-10H2,1-3H3. The lowest BCUT2D eigenvalue weighted by Crippen LogP contribution is -2.49. The molecule has 1 aromatic carbocycles. The molecule has 1 aromatic rings. The Kier molecular flexibility index (Phi) is 3.62. The third kappa shape index (κ3) is 2.83. The molecule has 1 fully saturated rings. The van der Waals surface area contributed by atoms with Crippen LogP contribution in [0.3, 0.4) is 0 Å². The summed E-state index contributed by atoms with van der Waals surface area (Å²) >= 11 is 0. The lowest BCUT2D eigenvalue weighted by molar-refractivity contribution is 0.238. The summed E-state index contributed by atoms with van der Waals surface area (Å²) in [5.74, 6) is 0. The van der Waals surface area contributed by atoms with Gasteiger partial charge < -0.3 is 10.2 Å². The van der Waals surface area contributed by atoms with Crippen LogP contribution in [0.25, 0.3) is 0 Å². The van der Waals surface area contributed by atoms with Gasteiger partial charge in [-0.25, -0.2) is 0 Å². The van der Waals surface area contributed by atoms with Gasteiger partial charge in [-0.2, -0.15) is 0 Å².